The van der Waals surface area contributed by atoms with Crippen LogP contribution in [-0.4, -0.2) is 37.3 Å². The molecule has 0 aliphatic carbocycles. The van der Waals surface area contributed by atoms with Crippen LogP contribution in [0.1, 0.15) is 6.92 Å². The molecule has 4 N–H and O–H groups in total. The molecule has 0 bridgehead atoms. The number of pyridine rings is 2. The van der Waals surface area contributed by atoms with Crippen molar-refractivity contribution in [3.63, 3.8) is 0 Å². The summed E-state index contributed by atoms with van der Waals surface area (Å²) in [5, 5.41) is 17.7. The third-order valence-corrected chi connectivity index (χ3v) is 2.96. The van der Waals surface area contributed by atoms with E-state index >= 15 is 0 Å². The van der Waals surface area contributed by atoms with Gasteiger partial charge in [-0.15, -0.1) is 0 Å². The molecule has 0 saturated heterocycles. The molecule has 122 valence electrons. The van der Waals surface area contributed by atoms with E-state index in [0.717, 1.165) is 11.1 Å². The normalized spacial score (nSPS) is 11.8. The fourth-order valence-corrected chi connectivity index (χ4v) is 1.95. The molecule has 1 unspecified atom stereocenters. The average Bonchev–Trinajstić information content (AvgIpc) is 2.54. The van der Waals surface area contributed by atoms with Gasteiger partial charge in [-0.2, -0.15) is 4.98 Å². The number of carbonyl (C=O) groups excluding carboxylic acids is 1. The second-order valence-electron chi connectivity index (χ2n) is 4.94. The highest BCUT2D eigenvalue weighted by Gasteiger charge is 2.07. The van der Waals surface area contributed by atoms with E-state index in [9.17, 15) is 4.79 Å². The van der Waals surface area contributed by atoms with Crippen LogP contribution in [0.3, 0.4) is 0 Å². The second-order valence-corrected chi connectivity index (χ2v) is 4.94. The van der Waals surface area contributed by atoms with Crippen molar-refractivity contribution in [2.45, 2.75) is 13.2 Å². The maximum atomic E-state index is 11.6. The van der Waals surface area contributed by atoms with Gasteiger partial charge >= 0.3 is 6.03 Å². The molecule has 24 heavy (non-hydrogen) atoms. The molecule has 0 fully saturated rings. The Balaban J connectivity index is 1.81. The van der Waals surface area contributed by atoms with Crippen LogP contribution in [0, 0.1) is 0 Å². The average molecular weight is 325 g/mol. The van der Waals surface area contributed by atoms with Crippen LogP contribution in [-0.2, 0) is 0 Å². The number of nitrogens with one attached hydrogen (secondary N) is 3. The Bertz CT molecular complexity index is 855. The molecule has 0 radical (unpaired) electrons. The van der Waals surface area contributed by atoms with Gasteiger partial charge in [-0.05, 0) is 31.2 Å². The van der Waals surface area contributed by atoms with Crippen molar-refractivity contribution in [1.82, 2.24) is 25.3 Å². The molecule has 9 nitrogen and oxygen atoms in total. The van der Waals surface area contributed by atoms with Crippen LogP contribution in [0.2, 0.25) is 0 Å². The summed E-state index contributed by atoms with van der Waals surface area (Å²) in [6.45, 7) is 1.44. The number of fused-ring (bicyclic) bond motifs is 1. The summed E-state index contributed by atoms with van der Waals surface area (Å²) in [7, 11) is 0. The Morgan fingerprint density at radius 3 is 2.71 bits per heavy atom. The summed E-state index contributed by atoms with van der Waals surface area (Å²) < 4.78 is 0. The van der Waals surface area contributed by atoms with E-state index in [2.05, 4.69) is 35.9 Å². The first-order valence-electron chi connectivity index (χ1n) is 7.16. The standard InChI is InChI=1S/C15H15N7O2/c1-9(23)18-15(24)21-12-3-2-10-8-17-14(22-13(10)20-12)19-11-4-6-16-7-5-11/h2-9,23H,1H3,(H3,16,17,18,19,20,21,22,24). The van der Waals surface area contributed by atoms with Crippen LogP contribution < -0.4 is 16.0 Å². The Morgan fingerprint density at radius 2 is 1.96 bits per heavy atom. The van der Waals surface area contributed by atoms with Gasteiger partial charge in [0.1, 0.15) is 12.0 Å². The number of rotatable bonds is 4. The van der Waals surface area contributed by atoms with Gasteiger partial charge in [-0.1, -0.05) is 0 Å². The molecule has 0 aliphatic heterocycles. The summed E-state index contributed by atoms with van der Waals surface area (Å²) in [5.74, 6) is 0.695. The maximum absolute atomic E-state index is 11.6. The molecule has 2 amide bonds. The molecular formula is C15H15N7O2. The van der Waals surface area contributed by atoms with Gasteiger partial charge < -0.3 is 15.7 Å². The van der Waals surface area contributed by atoms with Crippen LogP contribution in [0.4, 0.5) is 22.2 Å². The Morgan fingerprint density at radius 1 is 1.17 bits per heavy atom. The van der Waals surface area contributed by atoms with Gasteiger partial charge in [0.25, 0.3) is 0 Å². The van der Waals surface area contributed by atoms with Crippen LogP contribution in [0.5, 0.6) is 0 Å². The third kappa shape index (κ3) is 3.90. The lowest BCUT2D eigenvalue weighted by Gasteiger charge is -2.09. The highest BCUT2D eigenvalue weighted by Crippen LogP contribution is 2.16. The van der Waals surface area contributed by atoms with E-state index in [1.54, 1.807) is 42.9 Å². The molecule has 0 aliphatic rings. The minimum atomic E-state index is -0.955. The van der Waals surface area contributed by atoms with Crippen molar-refractivity contribution in [3.8, 4) is 0 Å². The van der Waals surface area contributed by atoms with Crippen LogP contribution in [0.15, 0.2) is 42.9 Å². The fourth-order valence-electron chi connectivity index (χ4n) is 1.95. The fraction of sp³-hybridized carbons (Fsp3) is 0.133. The third-order valence-electron chi connectivity index (χ3n) is 2.96. The molecule has 3 heterocycles. The number of aliphatic hydroxyl groups is 1. The molecular weight excluding hydrogens is 310 g/mol. The number of nitrogens with zero attached hydrogens (tertiary/aromatic N) is 4. The van der Waals surface area contributed by atoms with E-state index in [4.69, 9.17) is 5.11 Å². The first kappa shape index (κ1) is 15.6. The smallest absolute Gasteiger partial charge is 0.322 e. The SMILES string of the molecule is CC(O)NC(=O)Nc1ccc2cnc(Nc3ccncc3)nc2n1. The van der Waals surface area contributed by atoms with Crippen molar-refractivity contribution in [3.05, 3.63) is 42.9 Å². The minimum absolute atomic E-state index is 0.314. The van der Waals surface area contributed by atoms with E-state index in [1.165, 1.54) is 6.92 Å². The Labute approximate surface area is 137 Å². The van der Waals surface area contributed by atoms with Crippen molar-refractivity contribution in [2.75, 3.05) is 10.6 Å². The molecule has 1 atom stereocenters. The quantitative estimate of drug-likeness (QED) is 0.537. The first-order chi connectivity index (χ1) is 11.6. The number of anilines is 3. The Hall–Kier alpha value is -3.33. The molecule has 0 saturated carbocycles. The zero-order chi connectivity index (χ0) is 16.9. The van der Waals surface area contributed by atoms with Crippen molar-refractivity contribution >= 4 is 34.5 Å². The number of carbonyl (C=O) groups is 1. The summed E-state index contributed by atoms with van der Waals surface area (Å²) in [6, 6.07) is 6.40. The van der Waals surface area contributed by atoms with Crippen molar-refractivity contribution in [1.29, 1.82) is 0 Å². The lowest BCUT2D eigenvalue weighted by molar-refractivity contribution is 0.162. The van der Waals surface area contributed by atoms with E-state index < -0.39 is 12.3 Å². The molecule has 9 heteroatoms. The molecule has 3 rings (SSSR count). The largest absolute Gasteiger partial charge is 0.374 e. The lowest BCUT2D eigenvalue weighted by atomic mass is 10.3. The van der Waals surface area contributed by atoms with Gasteiger partial charge in [-0.3, -0.25) is 10.3 Å². The monoisotopic (exact) mass is 325 g/mol. The molecule has 0 spiro atoms. The molecule has 0 aromatic carbocycles. The highest BCUT2D eigenvalue weighted by molar-refractivity contribution is 5.89. The molecule has 3 aromatic heterocycles. The number of urea groups is 1. The lowest BCUT2D eigenvalue weighted by Crippen LogP contribution is -2.35. The second kappa shape index (κ2) is 6.84. The maximum Gasteiger partial charge on any atom is 0.322 e. The van der Waals surface area contributed by atoms with Crippen LogP contribution in [0.25, 0.3) is 11.0 Å². The van der Waals surface area contributed by atoms with Gasteiger partial charge in [0, 0.05) is 29.7 Å². The summed E-state index contributed by atoms with van der Waals surface area (Å²) in [6.07, 6.45) is 4.00. The number of aromatic nitrogens is 4. The van der Waals surface area contributed by atoms with E-state index in [0.29, 0.717) is 17.4 Å². The number of hydrogen-bond donors (Lipinski definition) is 4. The number of hydrogen-bond acceptors (Lipinski definition) is 7. The van der Waals surface area contributed by atoms with Crippen molar-refractivity contribution < 1.29 is 9.90 Å². The topological polar surface area (TPSA) is 125 Å². The highest BCUT2D eigenvalue weighted by atomic mass is 16.3. The van der Waals surface area contributed by atoms with Crippen molar-refractivity contribution in [2.24, 2.45) is 0 Å². The van der Waals surface area contributed by atoms with Crippen LogP contribution >= 0.6 is 0 Å². The Kier molecular flexibility index (Phi) is 4.43. The van der Waals surface area contributed by atoms with Gasteiger partial charge in [0.15, 0.2) is 5.65 Å². The van der Waals surface area contributed by atoms with E-state index in [1.807, 2.05) is 0 Å². The number of amides is 2. The summed E-state index contributed by atoms with van der Waals surface area (Å²) in [5.41, 5.74) is 1.23. The minimum Gasteiger partial charge on any atom is -0.374 e. The van der Waals surface area contributed by atoms with Gasteiger partial charge in [0.05, 0.1) is 0 Å². The predicted octanol–water partition coefficient (Wildman–Crippen LogP) is 1.62. The zero-order valence-corrected chi connectivity index (χ0v) is 12.8. The predicted molar refractivity (Wildman–Crippen MR) is 88.7 cm³/mol. The summed E-state index contributed by atoms with van der Waals surface area (Å²) in [4.78, 5) is 28.3. The first-order valence-corrected chi connectivity index (χ1v) is 7.16. The summed E-state index contributed by atoms with van der Waals surface area (Å²) >= 11 is 0. The molecule has 3 aromatic rings. The zero-order valence-electron chi connectivity index (χ0n) is 12.8. The number of aliphatic hydroxyl groups excluding tert-OH is 1. The van der Waals surface area contributed by atoms with E-state index in [-0.39, 0.29) is 0 Å². The van der Waals surface area contributed by atoms with Gasteiger partial charge in [0.2, 0.25) is 5.95 Å². The van der Waals surface area contributed by atoms with Gasteiger partial charge in [-0.25, -0.2) is 14.8 Å².